The van der Waals surface area contributed by atoms with Crippen molar-refractivity contribution in [2.24, 2.45) is 5.73 Å². The van der Waals surface area contributed by atoms with Gasteiger partial charge in [-0.25, -0.2) is 9.97 Å². The first-order chi connectivity index (χ1) is 14.5. The molecule has 1 aromatic heterocycles. The maximum atomic E-state index is 9.89. The number of allylic oxidation sites excluding steroid dienone is 1. The second kappa shape index (κ2) is 6.77. The van der Waals surface area contributed by atoms with E-state index < -0.39 is 5.92 Å². The molecule has 0 saturated carbocycles. The molecule has 4 aromatic rings. The number of rotatable bonds is 1. The number of benzene rings is 3. The number of hydrogen-bond donors (Lipinski definition) is 2. The quantitative estimate of drug-likeness (QED) is 0.326. The number of fused-ring (bicyclic) bond motifs is 4. The summed E-state index contributed by atoms with van der Waals surface area (Å²) in [5.41, 5.74) is 16.5. The lowest BCUT2D eigenvalue weighted by atomic mass is 9.82. The first-order valence-corrected chi connectivity index (χ1v) is 9.75. The number of anilines is 1. The number of para-hydroxylation sites is 2. The lowest BCUT2D eigenvalue weighted by Crippen LogP contribution is -2.23. The first-order valence-electron chi connectivity index (χ1n) is 9.00. The van der Waals surface area contributed by atoms with Crippen molar-refractivity contribution in [2.45, 2.75) is 5.92 Å². The molecule has 8 heteroatoms. The molecule has 2 heterocycles. The van der Waals surface area contributed by atoms with Gasteiger partial charge in [0.25, 0.3) is 0 Å². The second-order valence-electron chi connectivity index (χ2n) is 6.85. The monoisotopic (exact) mass is 433 g/mol. The van der Waals surface area contributed by atoms with Gasteiger partial charge in [-0.3, -0.25) is 0 Å². The van der Waals surface area contributed by atoms with Crippen LogP contribution in [-0.2, 0) is 0 Å². The number of aromatic nitrogens is 2. The van der Waals surface area contributed by atoms with Crippen LogP contribution in [0.3, 0.4) is 0 Å². The van der Waals surface area contributed by atoms with Crippen molar-refractivity contribution in [3.63, 3.8) is 0 Å². The van der Waals surface area contributed by atoms with Crippen LogP contribution < -0.4 is 16.2 Å². The molecule has 0 amide bonds. The largest absolute Gasteiger partial charge is 0.438 e. The Bertz CT molecular complexity index is 1420. The van der Waals surface area contributed by atoms with Crippen molar-refractivity contribution in [3.8, 4) is 11.8 Å². The van der Waals surface area contributed by atoms with Gasteiger partial charge in [-0.05, 0) is 30.3 Å². The fourth-order valence-corrected chi connectivity index (χ4v) is 4.43. The van der Waals surface area contributed by atoms with E-state index >= 15 is 0 Å². The topological polar surface area (TPSA) is 111 Å². The smallest absolute Gasteiger partial charge is 0.205 e. The molecule has 1 unspecified atom stereocenters. The van der Waals surface area contributed by atoms with E-state index in [4.69, 9.17) is 49.4 Å². The molecule has 0 bridgehead atoms. The summed E-state index contributed by atoms with van der Waals surface area (Å²) in [6, 6.07) is 16.5. The second-order valence-corrected chi connectivity index (χ2v) is 7.66. The minimum Gasteiger partial charge on any atom is -0.438 e. The summed E-state index contributed by atoms with van der Waals surface area (Å²) >= 11 is 13.0. The molecule has 0 fully saturated rings. The van der Waals surface area contributed by atoms with Gasteiger partial charge < -0.3 is 16.2 Å². The zero-order valence-corrected chi connectivity index (χ0v) is 16.9. The molecule has 30 heavy (non-hydrogen) atoms. The van der Waals surface area contributed by atoms with E-state index in [-0.39, 0.29) is 11.5 Å². The van der Waals surface area contributed by atoms with E-state index in [1.807, 2.05) is 24.3 Å². The van der Waals surface area contributed by atoms with Gasteiger partial charge in [0.2, 0.25) is 5.88 Å². The molecular formula is C22H13Cl2N5O. The Morgan fingerprint density at radius 2 is 1.57 bits per heavy atom. The number of nitrogen functional groups attached to an aromatic ring is 1. The summed E-state index contributed by atoms with van der Waals surface area (Å²) in [5, 5.41) is 10.7. The average Bonchev–Trinajstić information content (AvgIpc) is 2.72. The predicted molar refractivity (Wildman–Crippen MR) is 117 cm³/mol. The highest BCUT2D eigenvalue weighted by Gasteiger charge is 2.36. The van der Waals surface area contributed by atoms with E-state index in [9.17, 15) is 5.26 Å². The third-order valence-electron chi connectivity index (χ3n) is 5.12. The van der Waals surface area contributed by atoms with E-state index in [1.54, 1.807) is 24.3 Å². The van der Waals surface area contributed by atoms with Crippen molar-refractivity contribution in [1.82, 2.24) is 9.97 Å². The molecule has 1 aliphatic heterocycles. The fourth-order valence-electron chi connectivity index (χ4n) is 3.82. The van der Waals surface area contributed by atoms with E-state index in [1.165, 1.54) is 0 Å². The highest BCUT2D eigenvalue weighted by molar-refractivity contribution is 6.36. The van der Waals surface area contributed by atoms with Crippen molar-refractivity contribution in [2.75, 3.05) is 5.73 Å². The van der Waals surface area contributed by atoms with Crippen molar-refractivity contribution in [3.05, 3.63) is 81.2 Å². The summed E-state index contributed by atoms with van der Waals surface area (Å²) in [7, 11) is 0. The normalized spacial score (nSPS) is 15.7. The van der Waals surface area contributed by atoms with Crippen LogP contribution in [0.25, 0.3) is 22.1 Å². The fraction of sp³-hybridized carbons (Fsp3) is 0.0455. The predicted octanol–water partition coefficient (Wildman–Crippen LogP) is 4.89. The van der Waals surface area contributed by atoms with Gasteiger partial charge in [0.05, 0.1) is 33.7 Å². The summed E-state index contributed by atoms with van der Waals surface area (Å²) in [6.45, 7) is 0. The van der Waals surface area contributed by atoms with Gasteiger partial charge in [0.1, 0.15) is 11.6 Å². The lowest BCUT2D eigenvalue weighted by molar-refractivity contribution is 0.397. The number of nitriles is 1. The van der Waals surface area contributed by atoms with Gasteiger partial charge >= 0.3 is 0 Å². The third-order valence-corrected chi connectivity index (χ3v) is 5.77. The Morgan fingerprint density at radius 3 is 2.23 bits per heavy atom. The minimum atomic E-state index is -0.707. The molecule has 6 nitrogen and oxygen atoms in total. The Kier molecular flexibility index (Phi) is 4.17. The number of halogens is 2. The maximum Gasteiger partial charge on any atom is 0.205 e. The van der Waals surface area contributed by atoms with Crippen molar-refractivity contribution < 1.29 is 4.74 Å². The molecule has 0 spiro atoms. The SMILES string of the molecule is N#CC1=C(N)Oc2c(N)cc3nc4ccccc4nc3c2C1c1c(Cl)cccc1Cl. The van der Waals surface area contributed by atoms with Crippen LogP contribution in [-0.4, -0.2) is 9.97 Å². The van der Waals surface area contributed by atoms with Crippen LogP contribution >= 0.6 is 23.2 Å². The minimum absolute atomic E-state index is 0.0502. The summed E-state index contributed by atoms with van der Waals surface area (Å²) < 4.78 is 5.77. The summed E-state index contributed by atoms with van der Waals surface area (Å²) in [6.07, 6.45) is 0. The number of nitrogens with zero attached hydrogens (tertiary/aromatic N) is 3. The average molecular weight is 434 g/mol. The Labute approximate surface area is 181 Å². The molecule has 4 N–H and O–H groups in total. The molecule has 3 aromatic carbocycles. The zero-order chi connectivity index (χ0) is 21.0. The van der Waals surface area contributed by atoms with Crippen LogP contribution in [0.2, 0.25) is 10.0 Å². The molecule has 0 radical (unpaired) electrons. The number of ether oxygens (including phenoxy) is 1. The number of hydrogen-bond acceptors (Lipinski definition) is 6. The van der Waals surface area contributed by atoms with E-state index in [2.05, 4.69) is 6.07 Å². The van der Waals surface area contributed by atoms with Crippen LogP contribution in [0.15, 0.2) is 60.0 Å². The molecule has 0 saturated heterocycles. The molecular weight excluding hydrogens is 421 g/mol. The Hall–Kier alpha value is -3.53. The molecule has 0 aliphatic carbocycles. The van der Waals surface area contributed by atoms with Gasteiger partial charge in [-0.2, -0.15) is 5.26 Å². The molecule has 1 atom stereocenters. The molecule has 1 aliphatic rings. The Morgan fingerprint density at radius 1 is 0.900 bits per heavy atom. The highest BCUT2D eigenvalue weighted by atomic mass is 35.5. The zero-order valence-electron chi connectivity index (χ0n) is 15.4. The Balaban J connectivity index is 1.95. The van der Waals surface area contributed by atoms with Crippen LogP contribution in [0.4, 0.5) is 5.69 Å². The third kappa shape index (κ3) is 2.64. The molecule has 146 valence electrons. The lowest BCUT2D eigenvalue weighted by Gasteiger charge is -2.29. The molecule has 5 rings (SSSR count). The van der Waals surface area contributed by atoms with Crippen molar-refractivity contribution >= 4 is 51.0 Å². The van der Waals surface area contributed by atoms with Crippen LogP contribution in [0, 0.1) is 11.3 Å². The van der Waals surface area contributed by atoms with Gasteiger partial charge in [-0.1, -0.05) is 41.4 Å². The van der Waals surface area contributed by atoms with E-state index in [0.717, 1.165) is 5.52 Å². The van der Waals surface area contributed by atoms with Gasteiger partial charge in [-0.15, -0.1) is 0 Å². The summed E-state index contributed by atoms with van der Waals surface area (Å²) in [5.74, 6) is -0.434. The van der Waals surface area contributed by atoms with Crippen LogP contribution in [0.5, 0.6) is 5.75 Å². The van der Waals surface area contributed by atoms with Gasteiger partial charge in [0, 0.05) is 21.2 Å². The van der Waals surface area contributed by atoms with Gasteiger partial charge in [0.15, 0.2) is 5.75 Å². The number of nitrogens with two attached hydrogens (primary N) is 2. The maximum absolute atomic E-state index is 9.89. The standard InChI is InChI=1S/C22H13Cl2N5O/c23-11-4-3-5-12(24)18(11)17-10(9-25)22(27)30-21-13(26)8-16-20(19(17)21)29-15-7-2-1-6-14(15)28-16/h1-8,17H,26-27H2. The highest BCUT2D eigenvalue weighted by Crippen LogP contribution is 2.50. The van der Waals surface area contributed by atoms with Crippen molar-refractivity contribution in [1.29, 1.82) is 5.26 Å². The first kappa shape index (κ1) is 18.5. The van der Waals surface area contributed by atoms with E-state index in [0.29, 0.717) is 49.2 Å². The van der Waals surface area contributed by atoms with Crippen LogP contribution in [0.1, 0.15) is 17.0 Å². The summed E-state index contributed by atoms with van der Waals surface area (Å²) in [4.78, 5) is 9.50.